The maximum Gasteiger partial charge on any atom is 0.0991 e. The van der Waals surface area contributed by atoms with Crippen LogP contribution in [0.1, 0.15) is 27.8 Å². The Balaban J connectivity index is 0.911. The number of hydrogen-bond acceptors (Lipinski definition) is 4. The molecule has 14 aromatic rings. The van der Waals surface area contributed by atoms with E-state index in [1.54, 1.807) is 0 Å². The number of nitrogens with zero attached hydrogens (tertiary/aromatic N) is 6. The highest BCUT2D eigenvalue weighted by Gasteiger charge is 2.52. The summed E-state index contributed by atoms with van der Waals surface area (Å²) in [6.45, 7) is 0. The predicted octanol–water partition coefficient (Wildman–Crippen LogP) is 16.1. The largest absolute Gasteiger partial charge is 0.308 e. The van der Waals surface area contributed by atoms with Gasteiger partial charge in [-0.1, -0.05) is 133 Å². The van der Waals surface area contributed by atoms with Crippen molar-refractivity contribution >= 4 is 77.2 Å². The third-order valence-electron chi connectivity index (χ3n) is 15.6. The predicted molar refractivity (Wildman–Crippen MR) is 297 cm³/mol. The van der Waals surface area contributed by atoms with Gasteiger partial charge in [0.2, 0.25) is 0 Å². The van der Waals surface area contributed by atoms with Crippen molar-refractivity contribution in [3.8, 4) is 45.6 Å². The van der Waals surface area contributed by atoms with E-state index in [1.165, 1.54) is 53.5 Å². The fraction of sp³-hybridized carbons (Fsp3) is 0.0152. The number of rotatable bonds is 4. The molecule has 0 fully saturated rings. The minimum atomic E-state index is -0.724. The van der Waals surface area contributed by atoms with E-state index in [9.17, 15) is 5.26 Å². The summed E-state index contributed by atoms with van der Waals surface area (Å²) >= 11 is 1.83. The Bertz CT molecular complexity index is 4700. The number of para-hydroxylation sites is 6. The first-order chi connectivity index (χ1) is 36.2. The molecule has 1 unspecified atom stereocenters. The van der Waals surface area contributed by atoms with Crippen LogP contribution in [0.5, 0.6) is 0 Å². The summed E-state index contributed by atoms with van der Waals surface area (Å²) in [5.41, 5.74) is 18.6. The molecule has 7 heteroatoms. The summed E-state index contributed by atoms with van der Waals surface area (Å²) in [5.74, 6) is 0. The summed E-state index contributed by atoms with van der Waals surface area (Å²) in [5, 5.41) is 16.9. The second kappa shape index (κ2) is 15.0. The topological polar surface area (TPSA) is 64.4 Å². The van der Waals surface area contributed by atoms with Gasteiger partial charge in [-0.3, -0.25) is 9.97 Å². The third kappa shape index (κ3) is 5.42. The van der Waals surface area contributed by atoms with E-state index in [0.717, 1.165) is 83.5 Å². The molecule has 9 aromatic carbocycles. The van der Waals surface area contributed by atoms with Crippen molar-refractivity contribution in [1.82, 2.24) is 23.7 Å². The zero-order valence-corrected chi connectivity index (χ0v) is 39.8. The molecular weight excluding hydrogens is 909 g/mol. The molecule has 338 valence electrons. The standard InChI is InChI=1S/C66H38N6S/c67-38-40-27-30-58-48(34-40)46-16-3-6-20-54(46)70(58)43-37-53-65(69-39-43)64-51(19-13-33-68-64)66(53)50-18-5-12-26-62(50)73-63-32-29-42(36-52(63)66)41-28-31-59-49(35-41)47-17-4-9-23-57(47)72(59)61-25-11-10-24-60(61)71-55-21-7-1-14-44(55)45-15-2-8-22-56(45)71/h1-37,39H. The number of aromatic nitrogens is 5. The molecular formula is C66H38N6S. The Morgan fingerprint density at radius 1 is 0.384 bits per heavy atom. The zero-order valence-electron chi connectivity index (χ0n) is 39.0. The van der Waals surface area contributed by atoms with E-state index >= 15 is 0 Å². The SMILES string of the molecule is N#Cc1ccc2c(c1)c1ccccc1n2-c1cnc2c(c1)C1(c3ccccc3Sc3ccc(-c4ccc5c(c4)c4ccccc4n5-c4ccccc4-n4c5ccccc5c5ccccc54)cc31)c1cccnc1-2. The van der Waals surface area contributed by atoms with Crippen LogP contribution in [-0.4, -0.2) is 23.7 Å². The van der Waals surface area contributed by atoms with Gasteiger partial charge < -0.3 is 13.7 Å². The summed E-state index contributed by atoms with van der Waals surface area (Å²) in [6, 6.07) is 81.6. The van der Waals surface area contributed by atoms with Crippen LogP contribution in [-0.2, 0) is 5.41 Å². The van der Waals surface area contributed by atoms with Crippen molar-refractivity contribution in [2.45, 2.75) is 15.2 Å². The van der Waals surface area contributed by atoms with E-state index in [0.29, 0.717) is 5.56 Å². The molecule has 1 aliphatic heterocycles. The molecule has 16 rings (SSSR count). The fourth-order valence-electron chi connectivity index (χ4n) is 12.7. The van der Waals surface area contributed by atoms with E-state index in [4.69, 9.17) is 9.97 Å². The molecule has 0 saturated carbocycles. The normalized spacial score (nSPS) is 14.6. The van der Waals surface area contributed by atoms with Gasteiger partial charge in [0.1, 0.15) is 0 Å². The first-order valence-electron chi connectivity index (χ1n) is 24.6. The minimum Gasteiger partial charge on any atom is -0.308 e. The van der Waals surface area contributed by atoms with Crippen LogP contribution in [0.4, 0.5) is 0 Å². The first-order valence-corrected chi connectivity index (χ1v) is 25.4. The van der Waals surface area contributed by atoms with E-state index in [-0.39, 0.29) is 0 Å². The van der Waals surface area contributed by atoms with Crippen LogP contribution in [0.15, 0.2) is 241 Å². The number of hydrogen-bond donors (Lipinski definition) is 0. The van der Waals surface area contributed by atoms with Crippen molar-refractivity contribution in [3.63, 3.8) is 0 Å². The molecule has 0 N–H and O–H groups in total. The van der Waals surface area contributed by atoms with Gasteiger partial charge in [0.05, 0.1) is 84.8 Å². The molecule has 0 amide bonds. The fourth-order valence-corrected chi connectivity index (χ4v) is 13.8. The van der Waals surface area contributed by atoms with Crippen molar-refractivity contribution in [2.75, 3.05) is 0 Å². The Kier molecular flexibility index (Phi) is 8.28. The van der Waals surface area contributed by atoms with Crippen LogP contribution in [0.25, 0.3) is 105 Å². The summed E-state index contributed by atoms with van der Waals surface area (Å²) < 4.78 is 7.18. The van der Waals surface area contributed by atoms with Crippen LogP contribution >= 0.6 is 11.8 Å². The van der Waals surface area contributed by atoms with Gasteiger partial charge in [-0.15, -0.1) is 0 Å². The molecule has 73 heavy (non-hydrogen) atoms. The number of nitriles is 1. The van der Waals surface area contributed by atoms with Crippen molar-refractivity contribution < 1.29 is 0 Å². The zero-order chi connectivity index (χ0) is 47.9. The Hall–Kier alpha value is -9.48. The second-order valence-electron chi connectivity index (χ2n) is 19.2. The highest BCUT2D eigenvalue weighted by Crippen LogP contribution is 2.62. The maximum absolute atomic E-state index is 9.93. The summed E-state index contributed by atoms with van der Waals surface area (Å²) in [6.07, 6.45) is 3.89. The monoisotopic (exact) mass is 946 g/mol. The first kappa shape index (κ1) is 40.3. The van der Waals surface area contributed by atoms with Crippen LogP contribution in [0, 0.1) is 11.3 Å². The molecule has 6 heterocycles. The smallest absolute Gasteiger partial charge is 0.0991 e. The molecule has 2 aliphatic rings. The van der Waals surface area contributed by atoms with Gasteiger partial charge in [0.15, 0.2) is 0 Å². The van der Waals surface area contributed by atoms with Crippen LogP contribution in [0.3, 0.4) is 0 Å². The number of fused-ring (bicyclic) bond motifs is 18. The Morgan fingerprint density at radius 3 is 1.59 bits per heavy atom. The molecule has 6 nitrogen and oxygen atoms in total. The van der Waals surface area contributed by atoms with Crippen LogP contribution in [0.2, 0.25) is 0 Å². The highest BCUT2D eigenvalue weighted by molar-refractivity contribution is 7.99. The van der Waals surface area contributed by atoms with Gasteiger partial charge in [0.25, 0.3) is 0 Å². The molecule has 5 aromatic heterocycles. The van der Waals surface area contributed by atoms with E-state index in [1.807, 2.05) is 36.3 Å². The summed E-state index contributed by atoms with van der Waals surface area (Å²) in [7, 11) is 0. The lowest BCUT2D eigenvalue weighted by atomic mass is 9.67. The van der Waals surface area contributed by atoms with E-state index in [2.05, 4.69) is 226 Å². The lowest BCUT2D eigenvalue weighted by molar-refractivity contribution is 0.719. The lowest BCUT2D eigenvalue weighted by Gasteiger charge is -2.39. The number of pyridine rings is 2. The average Bonchev–Trinajstić information content (AvgIpc) is 4.17. The Morgan fingerprint density at radius 2 is 0.890 bits per heavy atom. The minimum absolute atomic E-state index is 0.637. The average molecular weight is 947 g/mol. The Labute approximate surface area is 423 Å². The van der Waals surface area contributed by atoms with Gasteiger partial charge in [-0.05, 0) is 125 Å². The van der Waals surface area contributed by atoms with Gasteiger partial charge in [-0.2, -0.15) is 5.26 Å². The molecule has 1 spiro atoms. The van der Waals surface area contributed by atoms with Crippen molar-refractivity contribution in [2.24, 2.45) is 0 Å². The highest BCUT2D eigenvalue weighted by atomic mass is 32.2. The van der Waals surface area contributed by atoms with Crippen molar-refractivity contribution in [3.05, 3.63) is 259 Å². The number of benzene rings is 9. The van der Waals surface area contributed by atoms with Crippen LogP contribution < -0.4 is 0 Å². The maximum atomic E-state index is 9.93. The van der Waals surface area contributed by atoms with Crippen molar-refractivity contribution in [1.29, 1.82) is 5.26 Å². The lowest BCUT2D eigenvalue weighted by Crippen LogP contribution is -2.32. The molecule has 1 atom stereocenters. The molecule has 0 bridgehead atoms. The van der Waals surface area contributed by atoms with Gasteiger partial charge in [0, 0.05) is 53.9 Å². The third-order valence-corrected chi connectivity index (χ3v) is 16.8. The molecule has 0 radical (unpaired) electrons. The summed E-state index contributed by atoms with van der Waals surface area (Å²) in [4.78, 5) is 12.9. The second-order valence-corrected chi connectivity index (χ2v) is 20.3. The molecule has 0 saturated heterocycles. The van der Waals surface area contributed by atoms with E-state index < -0.39 is 5.41 Å². The molecule has 1 aliphatic carbocycles. The van der Waals surface area contributed by atoms with Gasteiger partial charge >= 0.3 is 0 Å². The van der Waals surface area contributed by atoms with Gasteiger partial charge in [-0.25, -0.2) is 0 Å². The quantitative estimate of drug-likeness (QED) is 0.176.